The second kappa shape index (κ2) is 3.53. The maximum absolute atomic E-state index is 10.5. The number of aromatic nitrogens is 1. The molecule has 1 aliphatic rings. The summed E-state index contributed by atoms with van der Waals surface area (Å²) in [5.41, 5.74) is 0.942. The van der Waals surface area contributed by atoms with Crippen molar-refractivity contribution < 1.29 is 14.6 Å². The van der Waals surface area contributed by atoms with Crippen molar-refractivity contribution in [1.82, 2.24) is 4.98 Å². The third kappa shape index (κ3) is 1.79. The Kier molecular flexibility index (Phi) is 2.34. The normalized spacial score (nSPS) is 17.9. The second-order valence-corrected chi connectivity index (χ2v) is 4.14. The molecular weight excluding hydrogens is 194 g/mol. The lowest BCUT2D eigenvalue weighted by atomic mass is 9.66. The Hall–Kier alpha value is -1.58. The fourth-order valence-electron chi connectivity index (χ4n) is 1.99. The zero-order valence-corrected chi connectivity index (χ0v) is 8.56. The molecule has 0 aromatic carbocycles. The smallest absolute Gasteiger partial charge is 0.449 e. The van der Waals surface area contributed by atoms with Crippen LogP contribution in [0.25, 0.3) is 0 Å². The largest absolute Gasteiger partial charge is 0.512 e. The number of carbonyl (C=O) groups is 1. The minimum Gasteiger partial charge on any atom is -0.449 e. The Balaban J connectivity index is 2.33. The van der Waals surface area contributed by atoms with E-state index in [2.05, 4.69) is 16.6 Å². The number of pyridine rings is 1. The third-order valence-corrected chi connectivity index (χ3v) is 3.06. The Morgan fingerprint density at radius 1 is 1.60 bits per heavy atom. The minimum atomic E-state index is -1.31. The van der Waals surface area contributed by atoms with Gasteiger partial charge in [-0.1, -0.05) is 19.4 Å². The van der Waals surface area contributed by atoms with Crippen LogP contribution in [0.4, 0.5) is 4.79 Å². The Morgan fingerprint density at radius 2 is 2.33 bits per heavy atom. The van der Waals surface area contributed by atoms with Crippen molar-refractivity contribution in [3.05, 3.63) is 23.9 Å². The minimum absolute atomic E-state index is 0.0407. The molecule has 1 fully saturated rings. The van der Waals surface area contributed by atoms with Crippen LogP contribution in [0.3, 0.4) is 0 Å². The van der Waals surface area contributed by atoms with E-state index in [0.717, 1.165) is 18.4 Å². The number of ether oxygens (including phenoxy) is 1. The van der Waals surface area contributed by atoms with E-state index in [-0.39, 0.29) is 11.3 Å². The molecule has 1 saturated carbocycles. The molecule has 0 radical (unpaired) electrons. The number of rotatable bonds is 2. The molecule has 0 spiro atoms. The first-order valence-corrected chi connectivity index (χ1v) is 4.98. The standard InChI is InChI=1S/C11H13NO3/c1-11(5-3-6-11)8-4-2-7-12-9(8)15-10(13)14/h2,4,7H,3,5-6H2,1H3,(H,13,14). The van der Waals surface area contributed by atoms with Gasteiger partial charge in [-0.05, 0) is 24.3 Å². The van der Waals surface area contributed by atoms with Crippen molar-refractivity contribution in [2.24, 2.45) is 0 Å². The predicted octanol–water partition coefficient (Wildman–Crippen LogP) is 2.58. The SMILES string of the molecule is CC1(c2cccnc2OC(=O)O)CCC1. The van der Waals surface area contributed by atoms with Gasteiger partial charge >= 0.3 is 6.16 Å². The highest BCUT2D eigenvalue weighted by atomic mass is 16.7. The van der Waals surface area contributed by atoms with Crippen molar-refractivity contribution >= 4 is 6.16 Å². The molecule has 0 unspecified atom stereocenters. The first-order valence-electron chi connectivity index (χ1n) is 4.98. The highest BCUT2D eigenvalue weighted by Gasteiger charge is 2.36. The summed E-state index contributed by atoms with van der Waals surface area (Å²) in [7, 11) is 0. The topological polar surface area (TPSA) is 59.4 Å². The van der Waals surface area contributed by atoms with Gasteiger partial charge in [0.15, 0.2) is 0 Å². The summed E-state index contributed by atoms with van der Waals surface area (Å²) in [6.07, 6.45) is 3.54. The van der Waals surface area contributed by atoms with E-state index >= 15 is 0 Å². The lowest BCUT2D eigenvalue weighted by Gasteiger charge is -2.38. The van der Waals surface area contributed by atoms with E-state index < -0.39 is 6.16 Å². The molecule has 1 aromatic heterocycles. The van der Waals surface area contributed by atoms with Crippen LogP contribution < -0.4 is 4.74 Å². The van der Waals surface area contributed by atoms with Crippen molar-refractivity contribution in [1.29, 1.82) is 0 Å². The number of nitrogens with zero attached hydrogens (tertiary/aromatic N) is 1. The van der Waals surface area contributed by atoms with Crippen LogP contribution in [0.1, 0.15) is 31.7 Å². The Labute approximate surface area is 87.9 Å². The molecule has 4 heteroatoms. The lowest BCUT2D eigenvalue weighted by molar-refractivity contribution is 0.140. The predicted molar refractivity (Wildman–Crippen MR) is 54.1 cm³/mol. The monoisotopic (exact) mass is 207 g/mol. The summed E-state index contributed by atoms with van der Waals surface area (Å²) in [6.45, 7) is 2.11. The van der Waals surface area contributed by atoms with Gasteiger partial charge in [0, 0.05) is 11.8 Å². The highest BCUT2D eigenvalue weighted by molar-refractivity contribution is 5.61. The van der Waals surface area contributed by atoms with Crippen LogP contribution in [0.2, 0.25) is 0 Å². The number of hydrogen-bond acceptors (Lipinski definition) is 3. The van der Waals surface area contributed by atoms with Gasteiger partial charge in [-0.15, -0.1) is 0 Å². The maximum Gasteiger partial charge on any atom is 0.512 e. The molecule has 0 bridgehead atoms. The summed E-state index contributed by atoms with van der Waals surface area (Å²) in [5, 5.41) is 8.59. The number of carboxylic acid groups (broad SMARTS) is 1. The lowest BCUT2D eigenvalue weighted by Crippen LogP contribution is -2.31. The molecule has 80 valence electrons. The summed E-state index contributed by atoms with van der Waals surface area (Å²) < 4.78 is 4.67. The van der Waals surface area contributed by atoms with Gasteiger partial charge in [-0.25, -0.2) is 9.78 Å². The summed E-state index contributed by atoms with van der Waals surface area (Å²) in [5.74, 6) is 0.229. The average Bonchev–Trinajstić information content (AvgIpc) is 2.14. The van der Waals surface area contributed by atoms with E-state index in [1.165, 1.54) is 6.42 Å². The maximum atomic E-state index is 10.5. The molecule has 0 saturated heterocycles. The van der Waals surface area contributed by atoms with Gasteiger partial charge < -0.3 is 9.84 Å². The van der Waals surface area contributed by atoms with E-state index in [4.69, 9.17) is 5.11 Å². The van der Waals surface area contributed by atoms with E-state index in [1.807, 2.05) is 12.1 Å². The molecule has 15 heavy (non-hydrogen) atoms. The first kappa shape index (κ1) is 9.96. The molecular formula is C11H13NO3. The van der Waals surface area contributed by atoms with Gasteiger partial charge in [-0.2, -0.15) is 0 Å². The average molecular weight is 207 g/mol. The Bertz CT molecular complexity index is 385. The molecule has 0 amide bonds. The molecule has 2 rings (SSSR count). The van der Waals surface area contributed by atoms with Crippen LogP contribution in [-0.4, -0.2) is 16.2 Å². The van der Waals surface area contributed by atoms with Crippen molar-refractivity contribution in [3.63, 3.8) is 0 Å². The molecule has 1 aliphatic carbocycles. The van der Waals surface area contributed by atoms with Crippen LogP contribution in [-0.2, 0) is 5.41 Å². The fourth-order valence-corrected chi connectivity index (χ4v) is 1.99. The molecule has 1 aromatic rings. The van der Waals surface area contributed by atoms with E-state index in [9.17, 15) is 4.79 Å². The molecule has 1 N–H and O–H groups in total. The van der Waals surface area contributed by atoms with Gasteiger partial charge in [0.1, 0.15) is 0 Å². The van der Waals surface area contributed by atoms with Crippen molar-refractivity contribution in [2.75, 3.05) is 0 Å². The van der Waals surface area contributed by atoms with Crippen molar-refractivity contribution in [3.8, 4) is 5.88 Å². The van der Waals surface area contributed by atoms with Gasteiger partial charge in [0.05, 0.1) is 0 Å². The summed E-state index contributed by atoms with van der Waals surface area (Å²) in [6, 6.07) is 3.71. The molecule has 0 atom stereocenters. The molecule has 1 heterocycles. The highest BCUT2D eigenvalue weighted by Crippen LogP contribution is 2.45. The van der Waals surface area contributed by atoms with Gasteiger partial charge in [0.25, 0.3) is 0 Å². The summed E-state index contributed by atoms with van der Waals surface area (Å²) >= 11 is 0. The fraction of sp³-hybridized carbons (Fsp3) is 0.455. The Morgan fingerprint density at radius 3 is 2.87 bits per heavy atom. The van der Waals surface area contributed by atoms with E-state index in [0.29, 0.717) is 0 Å². The van der Waals surface area contributed by atoms with Gasteiger partial charge in [-0.3, -0.25) is 0 Å². The first-order chi connectivity index (χ1) is 7.12. The number of hydrogen-bond donors (Lipinski definition) is 1. The van der Waals surface area contributed by atoms with Crippen LogP contribution in [0.15, 0.2) is 18.3 Å². The van der Waals surface area contributed by atoms with Crippen LogP contribution in [0.5, 0.6) is 5.88 Å². The van der Waals surface area contributed by atoms with Gasteiger partial charge in [0.2, 0.25) is 5.88 Å². The third-order valence-electron chi connectivity index (χ3n) is 3.06. The summed E-state index contributed by atoms with van der Waals surface area (Å²) in [4.78, 5) is 14.5. The molecule has 4 nitrogen and oxygen atoms in total. The van der Waals surface area contributed by atoms with Crippen LogP contribution in [0, 0.1) is 0 Å². The van der Waals surface area contributed by atoms with Crippen LogP contribution >= 0.6 is 0 Å². The second-order valence-electron chi connectivity index (χ2n) is 4.14. The molecule has 0 aliphatic heterocycles. The zero-order chi connectivity index (χ0) is 10.9. The quantitative estimate of drug-likeness (QED) is 0.757. The van der Waals surface area contributed by atoms with E-state index in [1.54, 1.807) is 6.20 Å². The van der Waals surface area contributed by atoms with Crippen molar-refractivity contribution in [2.45, 2.75) is 31.6 Å². The zero-order valence-electron chi connectivity index (χ0n) is 8.56.